The van der Waals surface area contributed by atoms with Crippen molar-refractivity contribution >= 4 is 53.0 Å². The fraction of sp³-hybridized carbons (Fsp3) is 0.360. The van der Waals surface area contributed by atoms with Gasteiger partial charge in [-0.1, -0.05) is 23.5 Å². The number of likely N-dealkylation sites (N-methyl/N-ethyl adjacent to an activating group) is 1. The lowest BCUT2D eigenvalue weighted by Crippen LogP contribution is -2.52. The Morgan fingerprint density at radius 1 is 1.16 bits per heavy atom. The van der Waals surface area contributed by atoms with E-state index in [9.17, 15) is 13.2 Å². The number of pyridine rings is 1. The third-order valence-corrected chi connectivity index (χ3v) is 7.54. The average Bonchev–Trinajstić information content (AvgIpc) is 3.22. The highest BCUT2D eigenvalue weighted by molar-refractivity contribution is 7.16. The van der Waals surface area contributed by atoms with Gasteiger partial charge in [0.05, 0.1) is 18.2 Å². The van der Waals surface area contributed by atoms with Crippen LogP contribution in [0.3, 0.4) is 0 Å². The Balaban J connectivity index is 0.00000190. The summed E-state index contributed by atoms with van der Waals surface area (Å²) in [5.74, 6) is 0.832. The van der Waals surface area contributed by atoms with Gasteiger partial charge in [0.15, 0.2) is 0 Å². The van der Waals surface area contributed by atoms with Crippen LogP contribution in [0.1, 0.15) is 22.7 Å². The van der Waals surface area contributed by atoms with E-state index in [1.807, 2.05) is 30.3 Å². The Morgan fingerprint density at radius 2 is 1.97 bits per heavy atom. The molecule has 2 aliphatic heterocycles. The molecule has 1 aromatic carbocycles. The zero-order valence-corrected chi connectivity index (χ0v) is 22.7. The summed E-state index contributed by atoms with van der Waals surface area (Å²) in [7, 11) is 3.76. The van der Waals surface area contributed by atoms with E-state index < -0.39 is 11.2 Å². The minimum atomic E-state index is -4.50. The van der Waals surface area contributed by atoms with Crippen molar-refractivity contribution in [1.82, 2.24) is 19.8 Å². The van der Waals surface area contributed by atoms with Crippen molar-refractivity contribution in [2.45, 2.75) is 25.1 Å². The maximum Gasteiger partial charge on any atom is 0.443 e. The van der Waals surface area contributed by atoms with Gasteiger partial charge in [-0.25, -0.2) is 4.98 Å². The van der Waals surface area contributed by atoms with Crippen LogP contribution in [-0.4, -0.2) is 59.6 Å². The number of hydrogen-bond acceptors (Lipinski definition) is 7. The number of piperazine rings is 1. The van der Waals surface area contributed by atoms with Crippen LogP contribution >= 0.6 is 36.2 Å². The molecule has 12 heteroatoms. The van der Waals surface area contributed by atoms with Gasteiger partial charge in [-0.05, 0) is 49.7 Å². The molecule has 1 atom stereocenters. The van der Waals surface area contributed by atoms with Crippen molar-refractivity contribution in [3.8, 4) is 5.75 Å². The zero-order chi connectivity index (χ0) is 24.6. The van der Waals surface area contributed by atoms with Crippen molar-refractivity contribution in [3.05, 3.63) is 69.4 Å². The molecule has 1 N–H and O–H groups in total. The number of methoxy groups -OCH3 is 1. The second kappa shape index (κ2) is 11.9. The van der Waals surface area contributed by atoms with Crippen LogP contribution in [0, 0.1) is 0 Å². The number of anilines is 1. The van der Waals surface area contributed by atoms with Gasteiger partial charge in [-0.15, -0.1) is 24.8 Å². The first-order valence-electron chi connectivity index (χ1n) is 11.4. The number of nitrogens with one attached hydrogen (secondary N) is 1. The van der Waals surface area contributed by atoms with Gasteiger partial charge in [0.1, 0.15) is 16.4 Å². The van der Waals surface area contributed by atoms with Crippen molar-refractivity contribution in [3.63, 3.8) is 0 Å². The number of benzene rings is 1. The summed E-state index contributed by atoms with van der Waals surface area (Å²) in [5.41, 5.74) is 2.16. The number of thiazole rings is 1. The van der Waals surface area contributed by atoms with Crippen molar-refractivity contribution in [1.29, 1.82) is 0 Å². The van der Waals surface area contributed by atoms with Gasteiger partial charge in [-0.3, -0.25) is 9.88 Å². The number of fused-ring (bicyclic) bond motifs is 2. The second-order valence-electron chi connectivity index (χ2n) is 8.74. The number of aromatic nitrogens is 2. The van der Waals surface area contributed by atoms with Crippen LogP contribution in [0.4, 0.5) is 18.2 Å². The molecule has 0 bridgehead atoms. The number of alkyl halides is 3. The molecule has 3 aromatic rings. The molecule has 2 aliphatic rings. The number of nitrogens with zero attached hydrogens (tertiary/aromatic N) is 4. The Labute approximate surface area is 229 Å². The SMILES string of the molecule is COc1cccc(CCC2CN(C3=c4ncccc4=CNc4sc(C(F)(F)F)nc43)CCN2C)c1.Cl.Cl. The summed E-state index contributed by atoms with van der Waals surface area (Å²) >= 11 is 0.630. The Bertz CT molecular complexity index is 1350. The topological polar surface area (TPSA) is 53.5 Å². The molecule has 0 spiro atoms. The lowest BCUT2D eigenvalue weighted by molar-refractivity contribution is -0.137. The van der Waals surface area contributed by atoms with E-state index in [2.05, 4.69) is 38.2 Å². The van der Waals surface area contributed by atoms with Crippen LogP contribution in [0.15, 0.2) is 42.6 Å². The molecule has 0 radical (unpaired) electrons. The van der Waals surface area contributed by atoms with E-state index in [0.29, 0.717) is 46.2 Å². The van der Waals surface area contributed by atoms with Crippen molar-refractivity contribution < 1.29 is 17.9 Å². The number of halogens is 5. The largest absolute Gasteiger partial charge is 0.497 e. The lowest BCUT2D eigenvalue weighted by atomic mass is 10.0. The van der Waals surface area contributed by atoms with E-state index in [4.69, 9.17) is 4.74 Å². The normalized spacial score (nSPS) is 17.3. The van der Waals surface area contributed by atoms with Gasteiger partial charge >= 0.3 is 6.18 Å². The summed E-state index contributed by atoms with van der Waals surface area (Å²) < 4.78 is 45.9. The van der Waals surface area contributed by atoms with Gasteiger partial charge in [-0.2, -0.15) is 13.2 Å². The monoisotopic (exact) mass is 573 g/mol. The summed E-state index contributed by atoms with van der Waals surface area (Å²) in [6, 6.07) is 12.0. The highest BCUT2D eigenvalue weighted by Crippen LogP contribution is 2.40. The molecule has 2 aromatic heterocycles. The number of rotatable bonds is 5. The third kappa shape index (κ3) is 6.14. The molecule has 0 amide bonds. The summed E-state index contributed by atoms with van der Waals surface area (Å²) in [6.07, 6.45) is 0.663. The molecule has 5 rings (SSSR count). The summed E-state index contributed by atoms with van der Waals surface area (Å²) in [6.45, 7) is 2.14. The van der Waals surface area contributed by atoms with Gasteiger partial charge in [0, 0.05) is 43.3 Å². The van der Waals surface area contributed by atoms with E-state index in [0.717, 1.165) is 30.4 Å². The van der Waals surface area contributed by atoms with Gasteiger partial charge < -0.3 is 15.0 Å². The predicted octanol–water partition coefficient (Wildman–Crippen LogP) is 3.98. The molecule has 1 unspecified atom stereocenters. The Hall–Kier alpha value is -2.53. The molecule has 1 saturated heterocycles. The first-order valence-corrected chi connectivity index (χ1v) is 12.2. The minimum absolute atomic E-state index is 0. The van der Waals surface area contributed by atoms with Gasteiger partial charge in [0.2, 0.25) is 5.01 Å². The van der Waals surface area contributed by atoms with Crippen molar-refractivity contribution in [2.75, 3.05) is 39.1 Å². The van der Waals surface area contributed by atoms with E-state index in [1.54, 1.807) is 19.5 Å². The average molecular weight is 575 g/mol. The van der Waals surface area contributed by atoms with Crippen molar-refractivity contribution in [2.24, 2.45) is 0 Å². The van der Waals surface area contributed by atoms with Crippen LogP contribution in [0.2, 0.25) is 0 Å². The quantitative estimate of drug-likeness (QED) is 0.498. The fourth-order valence-corrected chi connectivity index (χ4v) is 5.41. The zero-order valence-electron chi connectivity index (χ0n) is 20.3. The molecule has 37 heavy (non-hydrogen) atoms. The van der Waals surface area contributed by atoms with Crippen LogP contribution in [0.25, 0.3) is 11.9 Å². The van der Waals surface area contributed by atoms with E-state index in [-0.39, 0.29) is 30.9 Å². The van der Waals surface area contributed by atoms with E-state index in [1.165, 1.54) is 5.56 Å². The molecular weight excluding hydrogens is 546 g/mol. The first kappa shape index (κ1) is 29.0. The van der Waals surface area contributed by atoms with E-state index >= 15 is 0 Å². The molecular formula is C25H28Cl2F3N5OS. The molecule has 4 heterocycles. The maximum atomic E-state index is 13.5. The van der Waals surface area contributed by atoms with Gasteiger partial charge in [0.25, 0.3) is 0 Å². The van der Waals surface area contributed by atoms with Crippen LogP contribution in [-0.2, 0) is 12.6 Å². The number of aryl methyl sites for hydroxylation is 1. The first-order chi connectivity index (χ1) is 16.8. The maximum absolute atomic E-state index is 13.5. The lowest BCUT2D eigenvalue weighted by Gasteiger charge is -2.41. The minimum Gasteiger partial charge on any atom is -0.497 e. The fourth-order valence-electron chi connectivity index (χ4n) is 4.61. The van der Waals surface area contributed by atoms with Crippen LogP contribution < -0.4 is 20.6 Å². The number of ether oxygens (including phenoxy) is 1. The highest BCUT2D eigenvalue weighted by atomic mass is 35.5. The third-order valence-electron chi connectivity index (χ3n) is 6.51. The Kier molecular flexibility index (Phi) is 9.33. The molecule has 0 saturated carbocycles. The molecule has 0 aliphatic carbocycles. The Morgan fingerprint density at radius 3 is 2.73 bits per heavy atom. The highest BCUT2D eigenvalue weighted by Gasteiger charge is 2.38. The summed E-state index contributed by atoms with van der Waals surface area (Å²) in [5, 5.41) is 4.04. The second-order valence-corrected chi connectivity index (χ2v) is 9.74. The molecule has 1 fully saturated rings. The molecule has 200 valence electrons. The van der Waals surface area contributed by atoms with Crippen LogP contribution in [0.5, 0.6) is 5.75 Å². The number of hydrogen-bond donors (Lipinski definition) is 1. The predicted molar refractivity (Wildman–Crippen MR) is 145 cm³/mol. The molecule has 6 nitrogen and oxygen atoms in total. The smallest absolute Gasteiger partial charge is 0.443 e. The summed E-state index contributed by atoms with van der Waals surface area (Å²) in [4.78, 5) is 13.1. The standard InChI is InChI=1S/C25H26F3N5OS.2ClH/c1-32-11-12-33(15-18(32)9-8-16-5-3-7-19(13-16)34-2)22-20-17(6-4-10-29-20)14-30-23-21(22)31-24(35-23)25(26,27)28;;/h3-7,10,13-14,18,30H,8-9,11-12,15H2,1-2H3;2*1H.